The molecule has 6 heteroatoms. The Morgan fingerprint density at radius 3 is 2.81 bits per heavy atom. The van der Waals surface area contributed by atoms with Crippen LogP contribution in [-0.2, 0) is 16.0 Å². The number of hydrogen-bond acceptors (Lipinski definition) is 4. The number of ketones is 1. The van der Waals surface area contributed by atoms with Gasteiger partial charge in [0.25, 0.3) is 0 Å². The molecule has 6 nitrogen and oxygen atoms in total. The Hall–Kier alpha value is -2.37. The smallest absolute Gasteiger partial charge is 0.415 e. The molecule has 0 saturated carbocycles. The van der Waals surface area contributed by atoms with Crippen molar-refractivity contribution in [3.63, 3.8) is 0 Å². The Kier molecular flexibility index (Phi) is 3.16. The minimum Gasteiger partial charge on any atom is -0.442 e. The molecule has 2 aliphatic rings. The van der Waals surface area contributed by atoms with Crippen LogP contribution in [0.4, 0.5) is 10.5 Å². The van der Waals surface area contributed by atoms with Crippen LogP contribution in [0.3, 0.4) is 0 Å². The Bertz CT molecular complexity index is 641. The van der Waals surface area contributed by atoms with Gasteiger partial charge in [-0.15, -0.1) is 0 Å². The van der Waals surface area contributed by atoms with Gasteiger partial charge < -0.3 is 10.1 Å². The van der Waals surface area contributed by atoms with Gasteiger partial charge in [-0.2, -0.15) is 0 Å². The van der Waals surface area contributed by atoms with Gasteiger partial charge in [0.15, 0.2) is 5.78 Å². The maximum Gasteiger partial charge on any atom is 0.415 e. The number of nitrogens with one attached hydrogen (secondary N) is 1. The molecule has 1 aromatic rings. The molecule has 1 aromatic carbocycles. The van der Waals surface area contributed by atoms with Gasteiger partial charge in [0.05, 0.1) is 18.3 Å². The summed E-state index contributed by atoms with van der Waals surface area (Å²) in [5.41, 5.74) is 2.40. The summed E-state index contributed by atoms with van der Waals surface area (Å²) in [6.07, 6.45) is -0.133. The lowest BCUT2D eigenvalue weighted by atomic mass is 10.0. The van der Waals surface area contributed by atoms with E-state index in [1.54, 1.807) is 17.0 Å². The molecular formula is C15H16N2O4. The SMILES string of the molecule is CC(=O)NC[C@H]1OC(=O)N2c3ccc(C(C)=O)cc3C[C@@H]12. The summed E-state index contributed by atoms with van der Waals surface area (Å²) in [5.74, 6) is -0.152. The lowest BCUT2D eigenvalue weighted by Crippen LogP contribution is -2.40. The van der Waals surface area contributed by atoms with Gasteiger partial charge in [-0.3, -0.25) is 14.5 Å². The number of benzene rings is 1. The number of ether oxygens (including phenoxy) is 1. The topological polar surface area (TPSA) is 75.7 Å². The first-order valence-electron chi connectivity index (χ1n) is 6.85. The van der Waals surface area contributed by atoms with Gasteiger partial charge in [-0.05, 0) is 37.1 Å². The van der Waals surface area contributed by atoms with Crippen molar-refractivity contribution in [3.8, 4) is 0 Å². The third-order valence-corrected chi connectivity index (χ3v) is 3.94. The minimum atomic E-state index is -0.398. The Balaban J connectivity index is 1.86. The summed E-state index contributed by atoms with van der Waals surface area (Å²) in [6.45, 7) is 3.25. The van der Waals surface area contributed by atoms with Crippen molar-refractivity contribution in [1.82, 2.24) is 5.32 Å². The van der Waals surface area contributed by atoms with E-state index < -0.39 is 6.09 Å². The van der Waals surface area contributed by atoms with Gasteiger partial charge >= 0.3 is 6.09 Å². The number of carbonyl (C=O) groups is 3. The van der Waals surface area contributed by atoms with Crippen molar-refractivity contribution in [3.05, 3.63) is 29.3 Å². The van der Waals surface area contributed by atoms with Gasteiger partial charge in [0.2, 0.25) is 5.91 Å². The summed E-state index contributed by atoms with van der Waals surface area (Å²) in [6, 6.07) is 5.21. The lowest BCUT2D eigenvalue weighted by molar-refractivity contribution is -0.119. The van der Waals surface area contributed by atoms with Crippen LogP contribution in [0.5, 0.6) is 0 Å². The number of rotatable bonds is 3. The van der Waals surface area contributed by atoms with Gasteiger partial charge in [-0.25, -0.2) is 4.79 Å². The van der Waals surface area contributed by atoms with E-state index in [0.29, 0.717) is 18.5 Å². The fourth-order valence-electron chi connectivity index (χ4n) is 2.92. The molecule has 2 heterocycles. The van der Waals surface area contributed by atoms with E-state index in [-0.39, 0.29) is 23.8 Å². The van der Waals surface area contributed by atoms with Crippen LogP contribution in [0.2, 0.25) is 0 Å². The van der Waals surface area contributed by atoms with Gasteiger partial charge in [0, 0.05) is 12.5 Å². The van der Waals surface area contributed by atoms with Crippen LogP contribution < -0.4 is 10.2 Å². The van der Waals surface area contributed by atoms with Crippen LogP contribution in [0.15, 0.2) is 18.2 Å². The first kappa shape index (κ1) is 13.6. The molecule has 0 spiro atoms. The highest BCUT2D eigenvalue weighted by atomic mass is 16.6. The first-order chi connectivity index (χ1) is 9.97. The Labute approximate surface area is 122 Å². The maximum atomic E-state index is 12.0. The number of anilines is 1. The van der Waals surface area contributed by atoms with Crippen LogP contribution in [0.25, 0.3) is 0 Å². The van der Waals surface area contributed by atoms with E-state index in [1.807, 2.05) is 6.07 Å². The molecule has 2 amide bonds. The molecule has 2 aliphatic heterocycles. The number of nitrogens with zero attached hydrogens (tertiary/aromatic N) is 1. The number of Topliss-reactive ketones (excluding diaryl/α,β-unsaturated/α-hetero) is 1. The highest BCUT2D eigenvalue weighted by Gasteiger charge is 2.47. The highest BCUT2D eigenvalue weighted by Crippen LogP contribution is 2.39. The second-order valence-corrected chi connectivity index (χ2v) is 5.40. The van der Waals surface area contributed by atoms with E-state index in [4.69, 9.17) is 4.74 Å². The number of fused-ring (bicyclic) bond motifs is 3. The van der Waals surface area contributed by atoms with Crippen LogP contribution in [0, 0.1) is 0 Å². The minimum absolute atomic E-state index is 0.00207. The molecule has 0 radical (unpaired) electrons. The molecule has 2 atom stereocenters. The first-order valence-corrected chi connectivity index (χ1v) is 6.85. The second kappa shape index (κ2) is 4.87. The lowest BCUT2D eigenvalue weighted by Gasteiger charge is -2.16. The monoisotopic (exact) mass is 288 g/mol. The van der Waals surface area contributed by atoms with E-state index in [9.17, 15) is 14.4 Å². The van der Waals surface area contributed by atoms with Gasteiger partial charge in [-0.1, -0.05) is 0 Å². The molecule has 21 heavy (non-hydrogen) atoms. The molecule has 0 aliphatic carbocycles. The predicted molar refractivity (Wildman–Crippen MR) is 75.4 cm³/mol. The van der Waals surface area contributed by atoms with Crippen molar-refractivity contribution >= 4 is 23.5 Å². The molecular weight excluding hydrogens is 272 g/mol. The molecule has 1 N–H and O–H groups in total. The average molecular weight is 288 g/mol. The predicted octanol–water partition coefficient (Wildman–Crippen LogP) is 1.28. The molecule has 0 aromatic heterocycles. The quantitative estimate of drug-likeness (QED) is 0.850. The standard InChI is InChI=1S/C15H16N2O4/c1-8(18)10-3-4-12-11(5-10)6-13-14(7-16-9(2)19)21-15(20)17(12)13/h3-5,13-14H,6-7H2,1-2H3,(H,16,19)/t13-,14+/m0/s1. The number of hydrogen-bond donors (Lipinski definition) is 1. The van der Waals surface area contributed by atoms with E-state index in [0.717, 1.165) is 11.3 Å². The molecule has 1 saturated heterocycles. The fourth-order valence-corrected chi connectivity index (χ4v) is 2.92. The van der Waals surface area contributed by atoms with E-state index in [1.165, 1.54) is 13.8 Å². The maximum absolute atomic E-state index is 12.0. The second-order valence-electron chi connectivity index (χ2n) is 5.40. The van der Waals surface area contributed by atoms with Crippen molar-refractivity contribution in [2.45, 2.75) is 32.4 Å². The summed E-state index contributed by atoms with van der Waals surface area (Å²) in [5, 5.41) is 2.68. The zero-order valence-electron chi connectivity index (χ0n) is 11.9. The third kappa shape index (κ3) is 2.26. The summed E-state index contributed by atoms with van der Waals surface area (Å²) in [4.78, 5) is 36.1. The zero-order chi connectivity index (χ0) is 15.1. The van der Waals surface area contributed by atoms with Crippen molar-refractivity contribution in [2.75, 3.05) is 11.4 Å². The third-order valence-electron chi connectivity index (χ3n) is 3.94. The molecule has 0 bridgehead atoms. The Morgan fingerprint density at radius 2 is 2.14 bits per heavy atom. The molecule has 0 unspecified atom stereocenters. The average Bonchev–Trinajstić information content (AvgIpc) is 2.93. The summed E-state index contributed by atoms with van der Waals surface area (Å²) >= 11 is 0. The van der Waals surface area contributed by atoms with E-state index in [2.05, 4.69) is 5.32 Å². The fraction of sp³-hybridized carbons (Fsp3) is 0.400. The van der Waals surface area contributed by atoms with E-state index >= 15 is 0 Å². The molecule has 3 rings (SSSR count). The summed E-state index contributed by atoms with van der Waals surface area (Å²) < 4.78 is 5.32. The number of carbonyl (C=O) groups excluding carboxylic acids is 3. The van der Waals surface area contributed by atoms with Crippen LogP contribution in [0.1, 0.15) is 29.8 Å². The molecule has 1 fully saturated rings. The summed E-state index contributed by atoms with van der Waals surface area (Å²) in [7, 11) is 0. The van der Waals surface area contributed by atoms with Crippen molar-refractivity contribution in [2.24, 2.45) is 0 Å². The Morgan fingerprint density at radius 1 is 1.38 bits per heavy atom. The molecule has 110 valence electrons. The van der Waals surface area contributed by atoms with Crippen LogP contribution >= 0.6 is 0 Å². The number of amides is 2. The highest BCUT2D eigenvalue weighted by molar-refractivity contribution is 5.98. The zero-order valence-corrected chi connectivity index (χ0v) is 11.9. The van der Waals surface area contributed by atoms with Crippen molar-refractivity contribution < 1.29 is 19.1 Å². The normalized spacial score (nSPS) is 22.6. The van der Waals surface area contributed by atoms with Gasteiger partial charge in [0.1, 0.15) is 6.10 Å². The largest absolute Gasteiger partial charge is 0.442 e. The van der Waals surface area contributed by atoms with Crippen molar-refractivity contribution in [1.29, 1.82) is 0 Å². The number of cyclic esters (lactones) is 1. The van der Waals surface area contributed by atoms with Crippen LogP contribution in [-0.4, -0.2) is 36.5 Å².